The van der Waals surface area contributed by atoms with Gasteiger partial charge in [0.25, 0.3) is 0 Å². The summed E-state index contributed by atoms with van der Waals surface area (Å²) in [6.07, 6.45) is 0.957. The molecule has 0 N–H and O–H groups in total. The average Bonchev–Trinajstić information content (AvgIpc) is 2.57. The first-order valence-electron chi connectivity index (χ1n) is 7.60. The fourth-order valence-corrected chi connectivity index (χ4v) is 2.60. The van der Waals surface area contributed by atoms with Gasteiger partial charge in [0.05, 0.1) is 19.3 Å². The zero-order valence-corrected chi connectivity index (χ0v) is 13.3. The number of carbonyl (C=O) groups is 1. The Labute approximate surface area is 131 Å². The second kappa shape index (κ2) is 7.64. The van der Waals surface area contributed by atoms with Crippen LogP contribution >= 0.6 is 0 Å². The molecule has 22 heavy (non-hydrogen) atoms. The van der Waals surface area contributed by atoms with Crippen LogP contribution in [0.2, 0.25) is 0 Å². The van der Waals surface area contributed by atoms with Gasteiger partial charge in [-0.05, 0) is 48.7 Å². The molecule has 0 aromatic heterocycles. The van der Waals surface area contributed by atoms with Gasteiger partial charge in [0.15, 0.2) is 0 Å². The molecule has 0 bridgehead atoms. The molecule has 3 nitrogen and oxygen atoms in total. The molecule has 116 valence electrons. The fourth-order valence-electron chi connectivity index (χ4n) is 2.60. The van der Waals surface area contributed by atoms with Crippen LogP contribution in [-0.2, 0) is 4.74 Å². The van der Waals surface area contributed by atoms with E-state index in [0.29, 0.717) is 12.2 Å². The van der Waals surface area contributed by atoms with E-state index < -0.39 is 0 Å². The molecule has 0 saturated carbocycles. The van der Waals surface area contributed by atoms with Crippen LogP contribution in [0.4, 0.5) is 0 Å². The Morgan fingerprint density at radius 1 is 1.05 bits per heavy atom. The minimum atomic E-state index is -0.270. The number of benzene rings is 2. The van der Waals surface area contributed by atoms with Crippen LogP contribution < -0.4 is 4.74 Å². The van der Waals surface area contributed by atoms with Gasteiger partial charge in [-0.1, -0.05) is 31.2 Å². The van der Waals surface area contributed by atoms with Crippen molar-refractivity contribution in [2.24, 2.45) is 0 Å². The van der Waals surface area contributed by atoms with Gasteiger partial charge in [0.2, 0.25) is 0 Å². The van der Waals surface area contributed by atoms with E-state index in [1.54, 1.807) is 13.2 Å². The summed E-state index contributed by atoms with van der Waals surface area (Å²) in [4.78, 5) is 11.9. The molecule has 0 radical (unpaired) electrons. The molecular weight excluding hydrogens is 276 g/mol. The van der Waals surface area contributed by atoms with Crippen molar-refractivity contribution in [2.45, 2.75) is 26.2 Å². The van der Waals surface area contributed by atoms with E-state index in [0.717, 1.165) is 17.7 Å². The summed E-state index contributed by atoms with van der Waals surface area (Å²) in [5.41, 5.74) is 2.94. The third-order valence-corrected chi connectivity index (χ3v) is 3.73. The zero-order chi connectivity index (χ0) is 15.9. The molecule has 3 heteroatoms. The Hall–Kier alpha value is -2.29. The van der Waals surface area contributed by atoms with Gasteiger partial charge in [-0.3, -0.25) is 0 Å². The second-order valence-electron chi connectivity index (χ2n) is 5.08. The standard InChI is InChI=1S/C19H22O3/c1-4-18(14-9-11-17(21-3)12-10-14)15-7-6-8-16(13-15)19(20)22-5-2/h6-13,18H,4-5H2,1-3H3. The molecule has 1 unspecified atom stereocenters. The van der Waals surface area contributed by atoms with Crippen molar-refractivity contribution in [3.05, 3.63) is 65.2 Å². The number of rotatable bonds is 6. The Morgan fingerprint density at radius 2 is 1.77 bits per heavy atom. The van der Waals surface area contributed by atoms with E-state index in [1.165, 1.54) is 5.56 Å². The van der Waals surface area contributed by atoms with Crippen molar-refractivity contribution < 1.29 is 14.3 Å². The molecule has 1 atom stereocenters. The molecule has 0 aliphatic rings. The van der Waals surface area contributed by atoms with E-state index in [9.17, 15) is 4.79 Å². The highest BCUT2D eigenvalue weighted by atomic mass is 16.5. The molecule has 2 rings (SSSR count). The first-order chi connectivity index (χ1) is 10.7. The van der Waals surface area contributed by atoms with Gasteiger partial charge in [0, 0.05) is 5.92 Å². The molecular formula is C19H22O3. The molecule has 0 amide bonds. The highest BCUT2D eigenvalue weighted by molar-refractivity contribution is 5.89. The summed E-state index contributed by atoms with van der Waals surface area (Å²) in [6, 6.07) is 15.8. The van der Waals surface area contributed by atoms with E-state index in [1.807, 2.05) is 31.2 Å². The summed E-state index contributed by atoms with van der Waals surface area (Å²) < 4.78 is 10.3. The number of hydrogen-bond donors (Lipinski definition) is 0. The molecule has 2 aromatic carbocycles. The summed E-state index contributed by atoms with van der Waals surface area (Å²) >= 11 is 0. The Morgan fingerprint density at radius 3 is 2.36 bits per heavy atom. The van der Waals surface area contributed by atoms with E-state index in [2.05, 4.69) is 25.1 Å². The average molecular weight is 298 g/mol. The lowest BCUT2D eigenvalue weighted by molar-refractivity contribution is 0.0526. The smallest absolute Gasteiger partial charge is 0.338 e. The molecule has 2 aromatic rings. The van der Waals surface area contributed by atoms with Crippen LogP contribution in [0, 0.1) is 0 Å². The summed E-state index contributed by atoms with van der Waals surface area (Å²) in [7, 11) is 1.66. The van der Waals surface area contributed by atoms with Crippen molar-refractivity contribution in [3.63, 3.8) is 0 Å². The van der Waals surface area contributed by atoms with Crippen LogP contribution in [0.3, 0.4) is 0 Å². The van der Waals surface area contributed by atoms with Crippen LogP contribution in [0.1, 0.15) is 47.7 Å². The first kappa shape index (κ1) is 16.1. The van der Waals surface area contributed by atoms with Gasteiger partial charge < -0.3 is 9.47 Å². The van der Waals surface area contributed by atoms with Crippen molar-refractivity contribution >= 4 is 5.97 Å². The highest BCUT2D eigenvalue weighted by Crippen LogP contribution is 2.29. The SMILES string of the molecule is CCOC(=O)c1cccc(C(CC)c2ccc(OC)cc2)c1. The molecule has 0 fully saturated rings. The molecule has 0 aliphatic heterocycles. The number of hydrogen-bond acceptors (Lipinski definition) is 3. The van der Waals surface area contributed by atoms with Crippen LogP contribution in [0.15, 0.2) is 48.5 Å². The maximum Gasteiger partial charge on any atom is 0.338 e. The minimum Gasteiger partial charge on any atom is -0.497 e. The van der Waals surface area contributed by atoms with E-state index in [-0.39, 0.29) is 11.9 Å². The lowest BCUT2D eigenvalue weighted by Gasteiger charge is -2.17. The van der Waals surface area contributed by atoms with Crippen molar-refractivity contribution in [3.8, 4) is 5.75 Å². The van der Waals surface area contributed by atoms with Crippen molar-refractivity contribution in [1.82, 2.24) is 0 Å². The number of esters is 1. The Bertz CT molecular complexity index is 617. The molecule has 0 spiro atoms. The van der Waals surface area contributed by atoms with E-state index >= 15 is 0 Å². The normalized spacial score (nSPS) is 11.8. The lowest BCUT2D eigenvalue weighted by atomic mass is 9.88. The van der Waals surface area contributed by atoms with Gasteiger partial charge in [-0.2, -0.15) is 0 Å². The van der Waals surface area contributed by atoms with Crippen molar-refractivity contribution in [2.75, 3.05) is 13.7 Å². The third kappa shape index (κ3) is 3.67. The van der Waals surface area contributed by atoms with Crippen LogP contribution in [0.25, 0.3) is 0 Å². The van der Waals surface area contributed by atoms with Gasteiger partial charge in [-0.15, -0.1) is 0 Å². The van der Waals surface area contributed by atoms with Gasteiger partial charge in [-0.25, -0.2) is 4.79 Å². The Kier molecular flexibility index (Phi) is 5.59. The predicted molar refractivity (Wildman–Crippen MR) is 87.5 cm³/mol. The van der Waals surface area contributed by atoms with E-state index in [4.69, 9.17) is 9.47 Å². The number of carbonyl (C=O) groups excluding carboxylic acids is 1. The van der Waals surface area contributed by atoms with Crippen LogP contribution in [-0.4, -0.2) is 19.7 Å². The molecule has 0 saturated heterocycles. The quantitative estimate of drug-likeness (QED) is 0.741. The maximum atomic E-state index is 11.9. The number of ether oxygens (including phenoxy) is 2. The maximum absolute atomic E-state index is 11.9. The molecule has 0 heterocycles. The lowest BCUT2D eigenvalue weighted by Crippen LogP contribution is -2.07. The molecule has 0 aliphatic carbocycles. The second-order valence-corrected chi connectivity index (χ2v) is 5.08. The van der Waals surface area contributed by atoms with Crippen molar-refractivity contribution in [1.29, 1.82) is 0 Å². The monoisotopic (exact) mass is 298 g/mol. The zero-order valence-electron chi connectivity index (χ0n) is 13.3. The predicted octanol–water partition coefficient (Wildman–Crippen LogP) is 4.41. The minimum absolute atomic E-state index is 0.250. The largest absolute Gasteiger partial charge is 0.497 e. The Balaban J connectivity index is 2.30. The number of methoxy groups -OCH3 is 1. The summed E-state index contributed by atoms with van der Waals surface area (Å²) in [5, 5.41) is 0. The van der Waals surface area contributed by atoms with Gasteiger partial charge in [0.1, 0.15) is 5.75 Å². The van der Waals surface area contributed by atoms with Gasteiger partial charge >= 0.3 is 5.97 Å². The third-order valence-electron chi connectivity index (χ3n) is 3.73. The fraction of sp³-hybridized carbons (Fsp3) is 0.316. The topological polar surface area (TPSA) is 35.5 Å². The van der Waals surface area contributed by atoms with Crippen LogP contribution in [0.5, 0.6) is 5.75 Å². The highest BCUT2D eigenvalue weighted by Gasteiger charge is 2.15. The summed E-state index contributed by atoms with van der Waals surface area (Å²) in [6.45, 7) is 4.35. The summed E-state index contributed by atoms with van der Waals surface area (Å²) in [5.74, 6) is 0.827. The first-order valence-corrected chi connectivity index (χ1v) is 7.60.